The van der Waals surface area contributed by atoms with Gasteiger partial charge in [0.2, 0.25) is 5.91 Å². The molecule has 1 aliphatic rings. The zero-order chi connectivity index (χ0) is 14.5. The summed E-state index contributed by atoms with van der Waals surface area (Å²) < 4.78 is 5.17. The first kappa shape index (κ1) is 14.7. The van der Waals surface area contributed by atoms with Crippen LogP contribution in [0.3, 0.4) is 0 Å². The number of anilines is 1. The second-order valence-electron chi connectivity index (χ2n) is 5.22. The maximum absolute atomic E-state index is 12.1. The quantitative estimate of drug-likeness (QED) is 0.898. The lowest BCUT2D eigenvalue weighted by molar-refractivity contribution is -0.130. The molecule has 5 nitrogen and oxygen atoms in total. The van der Waals surface area contributed by atoms with Gasteiger partial charge >= 0.3 is 0 Å². The van der Waals surface area contributed by atoms with Crippen molar-refractivity contribution >= 4 is 11.6 Å². The Bertz CT molecular complexity index is 468. The lowest BCUT2D eigenvalue weighted by atomic mass is 10.2. The molecule has 1 heterocycles. The summed E-state index contributed by atoms with van der Waals surface area (Å²) in [6.07, 6.45) is 0. The van der Waals surface area contributed by atoms with E-state index in [1.165, 1.54) is 0 Å². The SMILES string of the molecule is COc1ccc(NCC(=O)N2CCN(C)CC2)c(C)c1. The van der Waals surface area contributed by atoms with Gasteiger partial charge in [-0.15, -0.1) is 0 Å². The molecule has 0 aromatic heterocycles. The van der Waals surface area contributed by atoms with Gasteiger partial charge < -0.3 is 19.9 Å². The lowest BCUT2D eigenvalue weighted by Crippen LogP contribution is -2.48. The number of ether oxygens (including phenoxy) is 1. The van der Waals surface area contributed by atoms with Crippen LogP contribution in [0.1, 0.15) is 5.56 Å². The van der Waals surface area contributed by atoms with Crippen molar-refractivity contribution in [2.45, 2.75) is 6.92 Å². The Balaban J connectivity index is 1.87. The van der Waals surface area contributed by atoms with E-state index in [9.17, 15) is 4.79 Å². The van der Waals surface area contributed by atoms with Crippen molar-refractivity contribution in [3.05, 3.63) is 23.8 Å². The average molecular weight is 277 g/mol. The normalized spacial score (nSPS) is 16.1. The first-order chi connectivity index (χ1) is 9.60. The van der Waals surface area contributed by atoms with Gasteiger partial charge in [-0.2, -0.15) is 0 Å². The summed E-state index contributed by atoms with van der Waals surface area (Å²) in [6.45, 7) is 5.89. The topological polar surface area (TPSA) is 44.8 Å². The fraction of sp³-hybridized carbons (Fsp3) is 0.533. The third kappa shape index (κ3) is 3.63. The molecule has 1 aromatic rings. The third-order valence-electron chi connectivity index (χ3n) is 3.72. The molecule has 1 N–H and O–H groups in total. The number of nitrogens with one attached hydrogen (secondary N) is 1. The van der Waals surface area contributed by atoms with Crippen molar-refractivity contribution < 1.29 is 9.53 Å². The molecule has 0 saturated carbocycles. The zero-order valence-electron chi connectivity index (χ0n) is 12.5. The number of benzene rings is 1. The highest BCUT2D eigenvalue weighted by Gasteiger charge is 2.18. The molecule has 1 amide bonds. The van der Waals surface area contributed by atoms with Gasteiger partial charge in [-0.05, 0) is 37.7 Å². The number of hydrogen-bond acceptors (Lipinski definition) is 4. The zero-order valence-corrected chi connectivity index (χ0v) is 12.5. The predicted molar refractivity (Wildman–Crippen MR) is 80.3 cm³/mol. The summed E-state index contributed by atoms with van der Waals surface area (Å²) >= 11 is 0. The maximum atomic E-state index is 12.1. The average Bonchev–Trinajstić information content (AvgIpc) is 2.46. The van der Waals surface area contributed by atoms with E-state index in [0.717, 1.165) is 43.2 Å². The highest BCUT2D eigenvalue weighted by atomic mass is 16.5. The Morgan fingerprint density at radius 1 is 1.30 bits per heavy atom. The molecule has 0 spiro atoms. The molecular formula is C15H23N3O2. The Hall–Kier alpha value is -1.75. The second kappa shape index (κ2) is 6.61. The molecule has 110 valence electrons. The number of hydrogen-bond donors (Lipinski definition) is 1. The van der Waals surface area contributed by atoms with Crippen LogP contribution in [0.5, 0.6) is 5.75 Å². The van der Waals surface area contributed by atoms with Crippen molar-refractivity contribution in [2.24, 2.45) is 0 Å². The molecule has 0 radical (unpaired) electrons. The molecule has 20 heavy (non-hydrogen) atoms. The standard InChI is InChI=1S/C15H23N3O2/c1-12-10-13(20-3)4-5-14(12)16-11-15(19)18-8-6-17(2)7-9-18/h4-5,10,16H,6-9,11H2,1-3H3. The smallest absolute Gasteiger partial charge is 0.241 e. The summed E-state index contributed by atoms with van der Waals surface area (Å²) in [4.78, 5) is 16.3. The van der Waals surface area contributed by atoms with E-state index in [1.54, 1.807) is 7.11 Å². The minimum atomic E-state index is 0.160. The van der Waals surface area contributed by atoms with E-state index in [-0.39, 0.29) is 5.91 Å². The number of carbonyl (C=O) groups excluding carboxylic acids is 1. The van der Waals surface area contributed by atoms with Crippen molar-refractivity contribution in [1.29, 1.82) is 0 Å². The Kier molecular flexibility index (Phi) is 4.84. The molecule has 1 fully saturated rings. The van der Waals surface area contributed by atoms with Gasteiger partial charge in [-0.25, -0.2) is 0 Å². The Morgan fingerprint density at radius 3 is 2.60 bits per heavy atom. The van der Waals surface area contributed by atoms with Crippen LogP contribution in [0, 0.1) is 6.92 Å². The molecule has 1 aliphatic heterocycles. The van der Waals surface area contributed by atoms with Crippen LogP contribution in [-0.2, 0) is 4.79 Å². The Morgan fingerprint density at radius 2 is 2.00 bits per heavy atom. The molecule has 1 aromatic carbocycles. The van der Waals surface area contributed by atoms with Crippen molar-refractivity contribution in [2.75, 3.05) is 52.2 Å². The molecule has 0 atom stereocenters. The van der Waals surface area contributed by atoms with Gasteiger partial charge in [-0.1, -0.05) is 0 Å². The van der Waals surface area contributed by atoms with E-state index in [0.29, 0.717) is 6.54 Å². The van der Waals surface area contributed by atoms with Crippen LogP contribution >= 0.6 is 0 Å². The van der Waals surface area contributed by atoms with Crippen LogP contribution in [0.4, 0.5) is 5.69 Å². The number of amides is 1. The van der Waals surface area contributed by atoms with Crippen molar-refractivity contribution in [1.82, 2.24) is 9.80 Å². The molecule has 5 heteroatoms. The number of carbonyl (C=O) groups is 1. The van der Waals surface area contributed by atoms with Gasteiger partial charge in [0.1, 0.15) is 5.75 Å². The summed E-state index contributed by atoms with van der Waals surface area (Å²) in [5, 5.41) is 3.21. The van der Waals surface area contributed by atoms with Crippen LogP contribution in [0.15, 0.2) is 18.2 Å². The van der Waals surface area contributed by atoms with E-state index < -0.39 is 0 Å². The van der Waals surface area contributed by atoms with Gasteiger partial charge in [0.15, 0.2) is 0 Å². The summed E-state index contributed by atoms with van der Waals surface area (Å²) in [5.74, 6) is 0.992. The van der Waals surface area contributed by atoms with Gasteiger partial charge in [0.25, 0.3) is 0 Å². The molecule has 0 bridgehead atoms. The Labute approximate surface area is 120 Å². The minimum Gasteiger partial charge on any atom is -0.497 e. The fourth-order valence-electron chi connectivity index (χ4n) is 2.30. The van der Waals surface area contributed by atoms with Gasteiger partial charge in [-0.3, -0.25) is 4.79 Å². The second-order valence-corrected chi connectivity index (χ2v) is 5.22. The van der Waals surface area contributed by atoms with E-state index >= 15 is 0 Å². The van der Waals surface area contributed by atoms with E-state index in [1.807, 2.05) is 30.0 Å². The molecule has 2 rings (SSSR count). The predicted octanol–water partition coefficient (Wildman–Crippen LogP) is 1.19. The third-order valence-corrected chi connectivity index (χ3v) is 3.72. The molecule has 0 aliphatic carbocycles. The van der Waals surface area contributed by atoms with Crippen LogP contribution < -0.4 is 10.1 Å². The monoisotopic (exact) mass is 277 g/mol. The highest BCUT2D eigenvalue weighted by molar-refractivity contribution is 5.81. The lowest BCUT2D eigenvalue weighted by Gasteiger charge is -2.32. The first-order valence-corrected chi connectivity index (χ1v) is 6.95. The number of piperazine rings is 1. The fourth-order valence-corrected chi connectivity index (χ4v) is 2.30. The van der Waals surface area contributed by atoms with Gasteiger partial charge in [0.05, 0.1) is 13.7 Å². The molecule has 1 saturated heterocycles. The first-order valence-electron chi connectivity index (χ1n) is 6.95. The maximum Gasteiger partial charge on any atom is 0.241 e. The number of likely N-dealkylation sites (N-methyl/N-ethyl adjacent to an activating group) is 1. The van der Waals surface area contributed by atoms with Crippen LogP contribution in [0.2, 0.25) is 0 Å². The van der Waals surface area contributed by atoms with E-state index in [2.05, 4.69) is 17.3 Å². The van der Waals surface area contributed by atoms with Crippen molar-refractivity contribution in [3.8, 4) is 5.75 Å². The number of aryl methyl sites for hydroxylation is 1. The summed E-state index contributed by atoms with van der Waals surface area (Å²) in [6, 6.07) is 5.81. The summed E-state index contributed by atoms with van der Waals surface area (Å²) in [5.41, 5.74) is 2.06. The van der Waals surface area contributed by atoms with Gasteiger partial charge in [0, 0.05) is 31.9 Å². The number of nitrogens with zero attached hydrogens (tertiary/aromatic N) is 2. The number of methoxy groups -OCH3 is 1. The summed E-state index contributed by atoms with van der Waals surface area (Å²) in [7, 11) is 3.74. The minimum absolute atomic E-state index is 0.160. The molecular weight excluding hydrogens is 254 g/mol. The largest absolute Gasteiger partial charge is 0.497 e. The molecule has 0 unspecified atom stereocenters. The van der Waals surface area contributed by atoms with Crippen LogP contribution in [-0.4, -0.2) is 62.6 Å². The van der Waals surface area contributed by atoms with E-state index in [4.69, 9.17) is 4.74 Å². The highest BCUT2D eigenvalue weighted by Crippen LogP contribution is 2.20. The van der Waals surface area contributed by atoms with Crippen LogP contribution in [0.25, 0.3) is 0 Å². The number of rotatable bonds is 4. The van der Waals surface area contributed by atoms with Crippen molar-refractivity contribution in [3.63, 3.8) is 0 Å².